The molecule has 8 heteroatoms. The van der Waals surface area contributed by atoms with Gasteiger partial charge < -0.3 is 31.0 Å². The number of hydrogen-bond donors (Lipinski definition) is 3. The van der Waals surface area contributed by atoms with Gasteiger partial charge in [0.1, 0.15) is 12.3 Å². The molecule has 1 aromatic rings. The minimum absolute atomic E-state index is 0.112. The first kappa shape index (κ1) is 15.3. The van der Waals surface area contributed by atoms with Crippen LogP contribution in [-0.4, -0.2) is 50.1 Å². The SMILES string of the molecule is CCNc1nc(N)nc(OCCOCCOC)c1N. The zero-order chi connectivity index (χ0) is 14.1. The van der Waals surface area contributed by atoms with Gasteiger partial charge in [-0.25, -0.2) is 0 Å². The van der Waals surface area contributed by atoms with Crippen LogP contribution in [0.25, 0.3) is 0 Å². The number of aromatic nitrogens is 2. The fourth-order valence-electron chi connectivity index (χ4n) is 1.32. The van der Waals surface area contributed by atoms with E-state index in [0.29, 0.717) is 44.5 Å². The van der Waals surface area contributed by atoms with E-state index in [1.807, 2.05) is 6.92 Å². The van der Waals surface area contributed by atoms with E-state index in [2.05, 4.69) is 15.3 Å². The van der Waals surface area contributed by atoms with E-state index in [4.69, 9.17) is 25.7 Å². The van der Waals surface area contributed by atoms with Crippen LogP contribution < -0.4 is 21.5 Å². The van der Waals surface area contributed by atoms with E-state index < -0.39 is 0 Å². The van der Waals surface area contributed by atoms with Crippen molar-refractivity contribution in [2.75, 3.05) is 56.9 Å². The van der Waals surface area contributed by atoms with Crippen molar-refractivity contribution in [1.82, 2.24) is 9.97 Å². The number of nitrogen functional groups attached to an aromatic ring is 2. The molecule has 0 spiro atoms. The van der Waals surface area contributed by atoms with Crippen molar-refractivity contribution in [3.05, 3.63) is 0 Å². The zero-order valence-corrected chi connectivity index (χ0v) is 11.3. The van der Waals surface area contributed by atoms with Gasteiger partial charge in [0.25, 0.3) is 0 Å². The highest BCUT2D eigenvalue weighted by Crippen LogP contribution is 2.26. The predicted octanol–water partition coefficient (Wildman–Crippen LogP) is 0.115. The molecular weight excluding hydrogens is 250 g/mol. The quantitative estimate of drug-likeness (QED) is 0.542. The Kier molecular flexibility index (Phi) is 6.69. The largest absolute Gasteiger partial charge is 0.474 e. The Labute approximate surface area is 112 Å². The molecular formula is C11H21N5O3. The summed E-state index contributed by atoms with van der Waals surface area (Å²) in [6, 6.07) is 0. The molecule has 1 aromatic heterocycles. The Hall–Kier alpha value is -1.80. The van der Waals surface area contributed by atoms with E-state index in [0.717, 1.165) is 0 Å². The Morgan fingerprint density at radius 2 is 1.84 bits per heavy atom. The first-order valence-electron chi connectivity index (χ1n) is 6.05. The van der Waals surface area contributed by atoms with Crippen LogP contribution in [0.3, 0.4) is 0 Å². The lowest BCUT2D eigenvalue weighted by atomic mass is 10.4. The van der Waals surface area contributed by atoms with Crippen molar-refractivity contribution >= 4 is 17.5 Å². The summed E-state index contributed by atoms with van der Waals surface area (Å²) in [4.78, 5) is 7.94. The van der Waals surface area contributed by atoms with E-state index in [1.165, 1.54) is 0 Å². The molecule has 19 heavy (non-hydrogen) atoms. The third kappa shape index (κ3) is 5.14. The van der Waals surface area contributed by atoms with Crippen molar-refractivity contribution in [2.45, 2.75) is 6.92 Å². The summed E-state index contributed by atoms with van der Waals surface area (Å²) in [5.74, 6) is 0.851. The van der Waals surface area contributed by atoms with Gasteiger partial charge in [-0.2, -0.15) is 9.97 Å². The standard InChI is InChI=1S/C11H21N5O3/c1-3-14-9-8(12)10(16-11(13)15-9)19-7-6-18-5-4-17-2/h3-7,12H2,1-2H3,(H3,13,14,15,16). The molecule has 0 aliphatic carbocycles. The second-order valence-corrected chi connectivity index (χ2v) is 3.63. The first-order chi connectivity index (χ1) is 9.19. The van der Waals surface area contributed by atoms with Crippen LogP contribution in [-0.2, 0) is 9.47 Å². The number of ether oxygens (including phenoxy) is 3. The molecule has 1 heterocycles. The van der Waals surface area contributed by atoms with Gasteiger partial charge in [-0.3, -0.25) is 0 Å². The molecule has 0 radical (unpaired) electrons. The van der Waals surface area contributed by atoms with E-state index >= 15 is 0 Å². The Bertz CT molecular complexity index is 389. The lowest BCUT2D eigenvalue weighted by Gasteiger charge is -2.12. The number of anilines is 3. The van der Waals surface area contributed by atoms with Crippen LogP contribution in [0.2, 0.25) is 0 Å². The summed E-state index contributed by atoms with van der Waals surface area (Å²) >= 11 is 0. The van der Waals surface area contributed by atoms with Crippen molar-refractivity contribution in [3.63, 3.8) is 0 Å². The van der Waals surface area contributed by atoms with E-state index in [-0.39, 0.29) is 11.8 Å². The zero-order valence-electron chi connectivity index (χ0n) is 11.3. The maximum absolute atomic E-state index is 5.87. The summed E-state index contributed by atoms with van der Waals surface area (Å²) < 4.78 is 15.5. The molecule has 0 aliphatic heterocycles. The maximum Gasteiger partial charge on any atom is 0.244 e. The van der Waals surface area contributed by atoms with Gasteiger partial charge in [0, 0.05) is 13.7 Å². The maximum atomic E-state index is 5.87. The van der Waals surface area contributed by atoms with Gasteiger partial charge in [-0.1, -0.05) is 0 Å². The number of nitrogens with one attached hydrogen (secondary N) is 1. The molecule has 0 fully saturated rings. The lowest BCUT2D eigenvalue weighted by Crippen LogP contribution is -2.14. The summed E-state index contributed by atoms with van der Waals surface area (Å²) in [7, 11) is 1.62. The third-order valence-corrected chi connectivity index (χ3v) is 2.17. The van der Waals surface area contributed by atoms with Crippen molar-refractivity contribution in [1.29, 1.82) is 0 Å². The van der Waals surface area contributed by atoms with Gasteiger partial charge in [-0.15, -0.1) is 0 Å². The fourth-order valence-corrected chi connectivity index (χ4v) is 1.32. The molecule has 108 valence electrons. The molecule has 0 atom stereocenters. The molecule has 0 aliphatic rings. The minimum atomic E-state index is 0.112. The van der Waals surface area contributed by atoms with Crippen molar-refractivity contribution in [3.8, 4) is 5.88 Å². The van der Waals surface area contributed by atoms with Crippen LogP contribution in [0.4, 0.5) is 17.5 Å². The van der Waals surface area contributed by atoms with Crippen LogP contribution in [0.15, 0.2) is 0 Å². The number of nitrogens with two attached hydrogens (primary N) is 2. The van der Waals surface area contributed by atoms with Gasteiger partial charge in [0.05, 0.1) is 19.8 Å². The average Bonchev–Trinajstić information content (AvgIpc) is 2.39. The molecule has 1 rings (SSSR count). The number of hydrogen-bond acceptors (Lipinski definition) is 8. The minimum Gasteiger partial charge on any atom is -0.474 e. The Morgan fingerprint density at radius 1 is 1.11 bits per heavy atom. The monoisotopic (exact) mass is 271 g/mol. The van der Waals surface area contributed by atoms with Crippen LogP contribution in [0.1, 0.15) is 6.92 Å². The highest BCUT2D eigenvalue weighted by molar-refractivity contribution is 5.68. The smallest absolute Gasteiger partial charge is 0.244 e. The summed E-state index contributed by atoms with van der Waals surface area (Å²) in [5.41, 5.74) is 11.8. The van der Waals surface area contributed by atoms with Crippen LogP contribution in [0, 0.1) is 0 Å². The van der Waals surface area contributed by atoms with Gasteiger partial charge >= 0.3 is 0 Å². The van der Waals surface area contributed by atoms with E-state index in [1.54, 1.807) is 7.11 Å². The molecule has 0 unspecified atom stereocenters. The molecule has 8 nitrogen and oxygen atoms in total. The second kappa shape index (κ2) is 8.33. The van der Waals surface area contributed by atoms with Gasteiger partial charge in [0.2, 0.25) is 11.8 Å². The second-order valence-electron chi connectivity index (χ2n) is 3.63. The van der Waals surface area contributed by atoms with Gasteiger partial charge in [0.15, 0.2) is 5.82 Å². The Balaban J connectivity index is 2.48. The average molecular weight is 271 g/mol. The lowest BCUT2D eigenvalue weighted by molar-refractivity contribution is 0.0538. The van der Waals surface area contributed by atoms with E-state index in [9.17, 15) is 0 Å². The number of rotatable bonds is 9. The van der Waals surface area contributed by atoms with Crippen molar-refractivity contribution in [2.24, 2.45) is 0 Å². The topological polar surface area (TPSA) is 118 Å². The van der Waals surface area contributed by atoms with Crippen LogP contribution in [0.5, 0.6) is 5.88 Å². The number of nitrogens with zero attached hydrogens (tertiary/aromatic N) is 2. The summed E-state index contributed by atoms with van der Waals surface area (Å²) in [5, 5.41) is 2.99. The molecule has 0 saturated carbocycles. The fraction of sp³-hybridized carbons (Fsp3) is 0.636. The number of methoxy groups -OCH3 is 1. The van der Waals surface area contributed by atoms with Gasteiger partial charge in [-0.05, 0) is 6.92 Å². The molecule has 0 saturated heterocycles. The van der Waals surface area contributed by atoms with Crippen LogP contribution >= 0.6 is 0 Å². The molecule has 0 aromatic carbocycles. The summed E-state index contributed by atoms with van der Waals surface area (Å²) in [6.45, 7) is 4.43. The normalized spacial score (nSPS) is 10.4. The Morgan fingerprint density at radius 3 is 2.53 bits per heavy atom. The molecule has 0 bridgehead atoms. The highest BCUT2D eigenvalue weighted by Gasteiger charge is 2.11. The highest BCUT2D eigenvalue weighted by atomic mass is 16.5. The molecule has 5 N–H and O–H groups in total. The van der Waals surface area contributed by atoms with Crippen molar-refractivity contribution < 1.29 is 14.2 Å². The third-order valence-electron chi connectivity index (χ3n) is 2.17. The summed E-state index contributed by atoms with van der Waals surface area (Å²) in [6.07, 6.45) is 0. The predicted molar refractivity (Wildman–Crippen MR) is 73.2 cm³/mol. The first-order valence-corrected chi connectivity index (χ1v) is 6.05. The molecule has 0 amide bonds.